The summed E-state index contributed by atoms with van der Waals surface area (Å²) < 4.78 is 6.57. The molecular weight excluding hydrogens is 436 g/mol. The van der Waals surface area contributed by atoms with E-state index in [0.29, 0.717) is 16.2 Å². The van der Waals surface area contributed by atoms with E-state index in [4.69, 9.17) is 4.42 Å². The third-order valence-corrected chi connectivity index (χ3v) is 5.45. The summed E-state index contributed by atoms with van der Waals surface area (Å²) in [5.41, 5.74) is 1.75. The Kier molecular flexibility index (Phi) is 5.79. The average molecular weight is 453 g/mol. The van der Waals surface area contributed by atoms with Crippen LogP contribution in [0.3, 0.4) is 0 Å². The van der Waals surface area contributed by atoms with Crippen molar-refractivity contribution in [3.05, 3.63) is 39.8 Å². The molecule has 6 nitrogen and oxygen atoms in total. The van der Waals surface area contributed by atoms with E-state index in [1.54, 1.807) is 0 Å². The van der Waals surface area contributed by atoms with E-state index >= 15 is 0 Å². The highest BCUT2D eigenvalue weighted by atomic mass is 79.9. The number of hydrogen-bond acceptors (Lipinski definition) is 7. The van der Waals surface area contributed by atoms with Gasteiger partial charge < -0.3 is 9.73 Å². The molecule has 0 saturated heterocycles. The van der Waals surface area contributed by atoms with Crippen LogP contribution in [0.25, 0.3) is 11.5 Å². The molecule has 0 fully saturated rings. The van der Waals surface area contributed by atoms with Crippen LogP contribution in [0.15, 0.2) is 43.8 Å². The lowest BCUT2D eigenvalue weighted by atomic mass is 9.93. The Balaban J connectivity index is 1.55. The number of rotatable bonds is 5. The lowest BCUT2D eigenvalue weighted by Gasteiger charge is -2.14. The van der Waals surface area contributed by atoms with Gasteiger partial charge in [-0.15, -0.1) is 21.5 Å². The molecule has 0 spiro atoms. The molecule has 9 heteroatoms. The van der Waals surface area contributed by atoms with Crippen molar-refractivity contribution >= 4 is 50.1 Å². The van der Waals surface area contributed by atoms with Crippen LogP contribution < -0.4 is 5.32 Å². The second-order valence-electron chi connectivity index (χ2n) is 6.50. The van der Waals surface area contributed by atoms with E-state index in [2.05, 4.69) is 57.2 Å². The smallest absolute Gasteiger partial charge is 0.277 e. The third-order valence-electron chi connectivity index (χ3n) is 3.34. The topological polar surface area (TPSA) is 80.9 Å². The third kappa shape index (κ3) is 4.93. The van der Waals surface area contributed by atoms with E-state index in [1.807, 2.05) is 29.6 Å². The number of hydrogen-bond donors (Lipinski definition) is 1. The van der Waals surface area contributed by atoms with Gasteiger partial charge in [-0.3, -0.25) is 4.79 Å². The fourth-order valence-electron chi connectivity index (χ4n) is 1.94. The van der Waals surface area contributed by atoms with Crippen molar-refractivity contribution in [3.63, 3.8) is 0 Å². The Bertz CT molecular complexity index is 900. The fourth-order valence-corrected chi connectivity index (χ4v) is 3.72. The van der Waals surface area contributed by atoms with Crippen LogP contribution in [-0.2, 0) is 10.2 Å². The van der Waals surface area contributed by atoms with Gasteiger partial charge in [0.25, 0.3) is 5.22 Å². The predicted molar refractivity (Wildman–Crippen MR) is 108 cm³/mol. The Labute approximate surface area is 167 Å². The van der Waals surface area contributed by atoms with Crippen molar-refractivity contribution in [1.82, 2.24) is 15.2 Å². The number of amides is 1. The quantitative estimate of drug-likeness (QED) is 0.549. The van der Waals surface area contributed by atoms with Gasteiger partial charge in [0.1, 0.15) is 0 Å². The molecule has 136 valence electrons. The van der Waals surface area contributed by atoms with Crippen LogP contribution >= 0.6 is 39.0 Å². The summed E-state index contributed by atoms with van der Waals surface area (Å²) in [6.45, 7) is 6.26. The average Bonchev–Trinajstić information content (AvgIpc) is 3.22. The summed E-state index contributed by atoms with van der Waals surface area (Å²) >= 11 is 6.00. The van der Waals surface area contributed by atoms with Crippen LogP contribution in [0, 0.1) is 0 Å². The van der Waals surface area contributed by atoms with Crippen molar-refractivity contribution in [3.8, 4) is 11.5 Å². The number of benzene rings is 1. The number of halogens is 1. The van der Waals surface area contributed by atoms with Gasteiger partial charge in [-0.2, -0.15) is 0 Å². The number of nitrogens with one attached hydrogen (secondary N) is 1. The first-order valence-electron chi connectivity index (χ1n) is 7.79. The molecule has 3 rings (SSSR count). The highest BCUT2D eigenvalue weighted by molar-refractivity contribution is 9.10. The lowest BCUT2D eigenvalue weighted by Crippen LogP contribution is -2.15. The molecule has 26 heavy (non-hydrogen) atoms. The number of thioether (sulfide) groups is 1. The molecule has 0 bridgehead atoms. The van der Waals surface area contributed by atoms with Crippen LogP contribution in [0.1, 0.15) is 26.5 Å². The molecule has 0 radical (unpaired) electrons. The number of aromatic nitrogens is 3. The van der Waals surface area contributed by atoms with Gasteiger partial charge in [0.05, 0.1) is 11.4 Å². The molecule has 2 heterocycles. The summed E-state index contributed by atoms with van der Waals surface area (Å²) in [6.07, 6.45) is 0. The standard InChI is InChI=1S/C17H17BrN4O2S2/c1-17(2,3)12-8-25-15(19-12)20-13(23)9-26-16-22-21-14(24-16)10-4-6-11(18)7-5-10/h4-8H,9H2,1-3H3,(H,19,20,23). The van der Waals surface area contributed by atoms with Gasteiger partial charge in [0, 0.05) is 20.8 Å². The summed E-state index contributed by atoms with van der Waals surface area (Å²) in [6, 6.07) is 7.57. The molecular formula is C17H17BrN4O2S2. The van der Waals surface area contributed by atoms with E-state index in [9.17, 15) is 4.79 Å². The molecule has 1 N–H and O–H groups in total. The summed E-state index contributed by atoms with van der Waals surface area (Å²) in [7, 11) is 0. The van der Waals surface area contributed by atoms with Gasteiger partial charge in [0.15, 0.2) is 5.13 Å². The van der Waals surface area contributed by atoms with Gasteiger partial charge >= 0.3 is 0 Å². The molecule has 0 unspecified atom stereocenters. The monoisotopic (exact) mass is 452 g/mol. The Morgan fingerprint density at radius 1 is 1.27 bits per heavy atom. The minimum Gasteiger partial charge on any atom is -0.411 e. The molecule has 0 aliphatic rings. The number of carbonyl (C=O) groups excluding carboxylic acids is 1. The van der Waals surface area contributed by atoms with Gasteiger partial charge in [-0.25, -0.2) is 4.98 Å². The SMILES string of the molecule is CC(C)(C)c1csc(NC(=O)CSc2nnc(-c3ccc(Br)cc3)o2)n1. The Hall–Kier alpha value is -1.71. The van der Waals surface area contributed by atoms with Crippen molar-refractivity contribution in [2.75, 3.05) is 11.1 Å². The lowest BCUT2D eigenvalue weighted by molar-refractivity contribution is -0.113. The van der Waals surface area contributed by atoms with Crippen molar-refractivity contribution in [2.45, 2.75) is 31.4 Å². The maximum atomic E-state index is 12.1. The zero-order chi connectivity index (χ0) is 18.7. The number of thiazole rings is 1. The zero-order valence-corrected chi connectivity index (χ0v) is 17.7. The van der Waals surface area contributed by atoms with Gasteiger partial charge in [-0.1, -0.05) is 48.5 Å². The van der Waals surface area contributed by atoms with Crippen molar-refractivity contribution in [2.24, 2.45) is 0 Å². The number of anilines is 1. The second kappa shape index (κ2) is 7.89. The summed E-state index contributed by atoms with van der Waals surface area (Å²) in [5.74, 6) is 0.440. The normalized spacial score (nSPS) is 11.5. The summed E-state index contributed by atoms with van der Waals surface area (Å²) in [5, 5.41) is 13.7. The van der Waals surface area contributed by atoms with Gasteiger partial charge in [0.2, 0.25) is 11.8 Å². The first-order valence-corrected chi connectivity index (χ1v) is 10.5. The molecule has 1 amide bonds. The molecule has 1 aromatic carbocycles. The highest BCUT2D eigenvalue weighted by Crippen LogP contribution is 2.27. The van der Waals surface area contributed by atoms with Crippen LogP contribution in [-0.4, -0.2) is 26.8 Å². The fraction of sp³-hybridized carbons (Fsp3) is 0.294. The summed E-state index contributed by atoms with van der Waals surface area (Å²) in [4.78, 5) is 16.5. The predicted octanol–water partition coefficient (Wildman–Crippen LogP) is 4.98. The van der Waals surface area contributed by atoms with Crippen molar-refractivity contribution in [1.29, 1.82) is 0 Å². The molecule has 3 aromatic rings. The van der Waals surface area contributed by atoms with E-state index in [-0.39, 0.29) is 17.1 Å². The van der Waals surface area contributed by atoms with Gasteiger partial charge in [-0.05, 0) is 24.3 Å². The van der Waals surface area contributed by atoms with E-state index in [0.717, 1.165) is 15.7 Å². The first-order chi connectivity index (χ1) is 12.3. The minimum atomic E-state index is -0.159. The number of nitrogens with zero attached hydrogens (tertiary/aromatic N) is 3. The zero-order valence-electron chi connectivity index (χ0n) is 14.4. The van der Waals surface area contributed by atoms with Crippen molar-refractivity contribution < 1.29 is 9.21 Å². The second-order valence-corrected chi connectivity index (χ2v) is 9.21. The van der Waals surface area contributed by atoms with Crippen LogP contribution in [0.4, 0.5) is 5.13 Å². The van der Waals surface area contributed by atoms with E-state index < -0.39 is 0 Å². The maximum absolute atomic E-state index is 12.1. The molecule has 0 saturated carbocycles. The Morgan fingerprint density at radius 2 is 2.00 bits per heavy atom. The molecule has 0 aliphatic heterocycles. The highest BCUT2D eigenvalue weighted by Gasteiger charge is 2.18. The minimum absolute atomic E-state index is 0.0403. The Morgan fingerprint density at radius 3 is 2.65 bits per heavy atom. The number of carbonyl (C=O) groups is 1. The van der Waals surface area contributed by atoms with E-state index in [1.165, 1.54) is 23.1 Å². The largest absolute Gasteiger partial charge is 0.411 e. The van der Waals surface area contributed by atoms with Crippen LogP contribution in [0.5, 0.6) is 0 Å². The first kappa shape index (κ1) is 19.1. The molecule has 0 atom stereocenters. The molecule has 2 aromatic heterocycles. The van der Waals surface area contributed by atoms with Crippen LogP contribution in [0.2, 0.25) is 0 Å². The maximum Gasteiger partial charge on any atom is 0.277 e. The molecule has 0 aliphatic carbocycles.